The lowest BCUT2D eigenvalue weighted by Gasteiger charge is -2.21. The fourth-order valence-corrected chi connectivity index (χ4v) is 2.94. The molecule has 3 aromatic rings. The molecule has 0 aliphatic rings. The molecule has 0 fully saturated rings. The molecule has 5 nitrogen and oxygen atoms in total. The molecule has 146 valence electrons. The second kappa shape index (κ2) is 7.54. The molecule has 0 spiro atoms. The van der Waals surface area contributed by atoms with Crippen LogP contribution in [0.1, 0.15) is 56.7 Å². The molecule has 0 atom stereocenters. The highest BCUT2D eigenvalue weighted by atomic mass is 19.1. The standard InChI is InChI=1S/C22H25FN4O/c1-14(2)20-26-24-13-27(20)19-11-16(15-6-8-18(23)9-7-15)10-17(12-19)21(28)25-22(3,4)5/h6-14H,1-5H3,(H,25,28). The number of nitrogens with zero attached hydrogens (tertiary/aromatic N) is 3. The summed E-state index contributed by atoms with van der Waals surface area (Å²) in [5.41, 5.74) is 2.60. The van der Waals surface area contributed by atoms with Gasteiger partial charge in [-0.2, -0.15) is 0 Å². The van der Waals surface area contributed by atoms with Gasteiger partial charge in [-0.05, 0) is 62.2 Å². The first-order valence-corrected chi connectivity index (χ1v) is 9.28. The number of aromatic nitrogens is 3. The monoisotopic (exact) mass is 380 g/mol. The van der Waals surface area contributed by atoms with Crippen molar-refractivity contribution in [2.45, 2.75) is 46.1 Å². The van der Waals surface area contributed by atoms with Crippen molar-refractivity contribution in [1.82, 2.24) is 20.1 Å². The highest BCUT2D eigenvalue weighted by Gasteiger charge is 2.18. The SMILES string of the molecule is CC(C)c1nncn1-c1cc(C(=O)NC(C)(C)C)cc(-c2ccc(F)cc2)c1. The normalized spacial score (nSPS) is 11.7. The predicted octanol–water partition coefficient (Wildman–Crippen LogP) is 4.73. The number of nitrogens with one attached hydrogen (secondary N) is 1. The first-order chi connectivity index (χ1) is 13.1. The first kappa shape index (κ1) is 19.7. The van der Waals surface area contributed by atoms with E-state index >= 15 is 0 Å². The van der Waals surface area contributed by atoms with E-state index in [4.69, 9.17) is 0 Å². The average molecular weight is 380 g/mol. The molecule has 1 N–H and O–H groups in total. The molecule has 0 aliphatic heterocycles. The quantitative estimate of drug-likeness (QED) is 0.712. The number of halogens is 1. The summed E-state index contributed by atoms with van der Waals surface area (Å²) in [6, 6.07) is 11.8. The summed E-state index contributed by atoms with van der Waals surface area (Å²) in [5.74, 6) is 0.505. The van der Waals surface area contributed by atoms with Crippen LogP contribution in [0.3, 0.4) is 0 Å². The fraction of sp³-hybridized carbons (Fsp3) is 0.318. The van der Waals surface area contributed by atoms with Gasteiger partial charge >= 0.3 is 0 Å². The topological polar surface area (TPSA) is 59.8 Å². The van der Waals surface area contributed by atoms with Crippen molar-refractivity contribution in [3.63, 3.8) is 0 Å². The molecule has 1 aromatic heterocycles. The molecule has 28 heavy (non-hydrogen) atoms. The molecule has 0 aliphatic carbocycles. The van der Waals surface area contributed by atoms with Crippen LogP contribution in [0.4, 0.5) is 4.39 Å². The van der Waals surface area contributed by atoms with E-state index in [9.17, 15) is 9.18 Å². The van der Waals surface area contributed by atoms with Gasteiger partial charge in [-0.1, -0.05) is 26.0 Å². The van der Waals surface area contributed by atoms with E-state index in [1.54, 1.807) is 18.5 Å². The van der Waals surface area contributed by atoms with Crippen molar-refractivity contribution >= 4 is 5.91 Å². The lowest BCUT2D eigenvalue weighted by atomic mass is 10.0. The number of hydrogen-bond donors (Lipinski definition) is 1. The number of rotatable bonds is 4. The van der Waals surface area contributed by atoms with E-state index < -0.39 is 0 Å². The molecule has 3 rings (SSSR count). The summed E-state index contributed by atoms with van der Waals surface area (Å²) in [6.07, 6.45) is 1.64. The summed E-state index contributed by atoms with van der Waals surface area (Å²) in [7, 11) is 0. The number of hydrogen-bond acceptors (Lipinski definition) is 3. The summed E-state index contributed by atoms with van der Waals surface area (Å²) >= 11 is 0. The van der Waals surface area contributed by atoms with Crippen LogP contribution < -0.4 is 5.32 Å². The van der Waals surface area contributed by atoms with Gasteiger partial charge in [-0.25, -0.2) is 4.39 Å². The Labute approximate surface area is 164 Å². The van der Waals surface area contributed by atoms with Gasteiger partial charge < -0.3 is 5.32 Å². The van der Waals surface area contributed by atoms with E-state index in [0.29, 0.717) is 5.56 Å². The van der Waals surface area contributed by atoms with Gasteiger partial charge in [-0.3, -0.25) is 9.36 Å². The zero-order chi connectivity index (χ0) is 20.5. The summed E-state index contributed by atoms with van der Waals surface area (Å²) < 4.78 is 15.2. The summed E-state index contributed by atoms with van der Waals surface area (Å²) in [4.78, 5) is 12.8. The van der Waals surface area contributed by atoms with Crippen LogP contribution in [-0.2, 0) is 0 Å². The Morgan fingerprint density at radius 2 is 1.75 bits per heavy atom. The Morgan fingerprint density at radius 1 is 1.07 bits per heavy atom. The number of benzene rings is 2. The highest BCUT2D eigenvalue weighted by molar-refractivity contribution is 5.96. The highest BCUT2D eigenvalue weighted by Crippen LogP contribution is 2.26. The van der Waals surface area contributed by atoms with E-state index in [1.165, 1.54) is 12.1 Å². The van der Waals surface area contributed by atoms with Gasteiger partial charge in [0.2, 0.25) is 0 Å². The van der Waals surface area contributed by atoms with Crippen LogP contribution in [0, 0.1) is 5.82 Å². The second-order valence-electron chi connectivity index (χ2n) is 8.19. The Morgan fingerprint density at radius 3 is 2.36 bits per heavy atom. The van der Waals surface area contributed by atoms with Crippen LogP contribution >= 0.6 is 0 Å². The molecule has 0 radical (unpaired) electrons. The maximum atomic E-state index is 13.4. The summed E-state index contributed by atoms with van der Waals surface area (Å²) in [5, 5.41) is 11.2. The van der Waals surface area contributed by atoms with Gasteiger partial charge in [-0.15, -0.1) is 10.2 Å². The molecule has 0 unspecified atom stereocenters. The fourth-order valence-electron chi connectivity index (χ4n) is 2.94. The van der Waals surface area contributed by atoms with E-state index in [1.807, 2.05) is 57.4 Å². The third-order valence-electron chi connectivity index (χ3n) is 4.21. The Balaban J connectivity index is 2.15. The largest absolute Gasteiger partial charge is 0.347 e. The molecule has 1 heterocycles. The van der Waals surface area contributed by atoms with Crippen LogP contribution in [0.5, 0.6) is 0 Å². The third kappa shape index (κ3) is 4.44. The van der Waals surface area contributed by atoms with Crippen molar-refractivity contribution in [2.75, 3.05) is 0 Å². The minimum Gasteiger partial charge on any atom is -0.347 e. The van der Waals surface area contributed by atoms with Gasteiger partial charge in [0.25, 0.3) is 5.91 Å². The number of amides is 1. The maximum Gasteiger partial charge on any atom is 0.251 e. The van der Waals surface area contributed by atoms with Crippen molar-refractivity contribution in [3.8, 4) is 16.8 Å². The van der Waals surface area contributed by atoms with Gasteiger partial charge in [0.05, 0.1) is 0 Å². The molecule has 0 bridgehead atoms. The van der Waals surface area contributed by atoms with Crippen molar-refractivity contribution in [2.24, 2.45) is 0 Å². The molecule has 6 heteroatoms. The van der Waals surface area contributed by atoms with Crippen molar-refractivity contribution in [1.29, 1.82) is 0 Å². The van der Waals surface area contributed by atoms with E-state index in [0.717, 1.165) is 22.6 Å². The number of carbonyl (C=O) groups excluding carboxylic acids is 1. The van der Waals surface area contributed by atoms with Crippen molar-refractivity contribution in [3.05, 3.63) is 66.0 Å². The van der Waals surface area contributed by atoms with Gasteiger partial charge in [0.1, 0.15) is 18.0 Å². The van der Waals surface area contributed by atoms with Crippen LogP contribution in [0.2, 0.25) is 0 Å². The van der Waals surface area contributed by atoms with Crippen LogP contribution in [0.25, 0.3) is 16.8 Å². The molecule has 0 saturated heterocycles. The predicted molar refractivity (Wildman–Crippen MR) is 108 cm³/mol. The molecule has 2 aromatic carbocycles. The maximum absolute atomic E-state index is 13.4. The summed E-state index contributed by atoms with van der Waals surface area (Å²) in [6.45, 7) is 9.89. The van der Waals surface area contributed by atoms with Crippen LogP contribution in [0.15, 0.2) is 48.8 Å². The Hall–Kier alpha value is -3.02. The van der Waals surface area contributed by atoms with E-state index in [-0.39, 0.29) is 23.2 Å². The van der Waals surface area contributed by atoms with E-state index in [2.05, 4.69) is 15.5 Å². The molecule has 0 saturated carbocycles. The Kier molecular flexibility index (Phi) is 5.31. The molecular formula is C22H25FN4O. The zero-order valence-corrected chi connectivity index (χ0v) is 16.8. The minimum atomic E-state index is -0.358. The number of carbonyl (C=O) groups is 1. The lowest BCUT2D eigenvalue weighted by Crippen LogP contribution is -2.40. The average Bonchev–Trinajstić information content (AvgIpc) is 3.10. The molecule has 1 amide bonds. The zero-order valence-electron chi connectivity index (χ0n) is 16.8. The van der Waals surface area contributed by atoms with Crippen molar-refractivity contribution < 1.29 is 9.18 Å². The third-order valence-corrected chi connectivity index (χ3v) is 4.21. The first-order valence-electron chi connectivity index (χ1n) is 9.28. The Bertz CT molecular complexity index is 985. The lowest BCUT2D eigenvalue weighted by molar-refractivity contribution is 0.0919. The smallest absolute Gasteiger partial charge is 0.251 e. The molecular weight excluding hydrogens is 355 g/mol. The second-order valence-corrected chi connectivity index (χ2v) is 8.19. The van der Waals surface area contributed by atoms with Crippen LogP contribution in [-0.4, -0.2) is 26.2 Å². The van der Waals surface area contributed by atoms with Gasteiger partial charge in [0.15, 0.2) is 0 Å². The van der Waals surface area contributed by atoms with Gasteiger partial charge in [0, 0.05) is 22.7 Å². The minimum absolute atomic E-state index is 0.170.